The van der Waals surface area contributed by atoms with E-state index in [0.29, 0.717) is 6.04 Å². The third-order valence-corrected chi connectivity index (χ3v) is 2.81. The third kappa shape index (κ3) is 2.54. The van der Waals surface area contributed by atoms with Crippen LogP contribution in [0.1, 0.15) is 24.7 Å². The fourth-order valence-corrected chi connectivity index (χ4v) is 1.92. The SMILES string of the molecule is CN(C)CCn1cnnc1C1CCCN1. The maximum atomic E-state index is 4.21. The molecule has 0 radical (unpaired) electrons. The summed E-state index contributed by atoms with van der Waals surface area (Å²) < 4.78 is 2.16. The predicted octanol–water partition coefficient (Wildman–Crippen LogP) is 0.264. The van der Waals surface area contributed by atoms with Gasteiger partial charge in [0.25, 0.3) is 0 Å². The van der Waals surface area contributed by atoms with Gasteiger partial charge >= 0.3 is 0 Å². The van der Waals surface area contributed by atoms with E-state index in [2.05, 4.69) is 39.1 Å². The lowest BCUT2D eigenvalue weighted by atomic mass is 10.2. The van der Waals surface area contributed by atoms with Crippen LogP contribution in [0.2, 0.25) is 0 Å². The highest BCUT2D eigenvalue weighted by molar-refractivity contribution is 4.97. The first-order chi connectivity index (χ1) is 7.27. The van der Waals surface area contributed by atoms with Crippen molar-refractivity contribution in [1.29, 1.82) is 0 Å². The molecule has 0 aliphatic carbocycles. The van der Waals surface area contributed by atoms with Gasteiger partial charge in [-0.3, -0.25) is 0 Å². The van der Waals surface area contributed by atoms with Crippen molar-refractivity contribution < 1.29 is 0 Å². The first kappa shape index (κ1) is 10.6. The lowest BCUT2D eigenvalue weighted by molar-refractivity contribution is 0.376. The molecule has 0 saturated carbocycles. The molecule has 1 unspecified atom stereocenters. The Morgan fingerprint density at radius 3 is 3.13 bits per heavy atom. The molecule has 5 heteroatoms. The molecular formula is C10H19N5. The van der Waals surface area contributed by atoms with Crippen LogP contribution in [0.3, 0.4) is 0 Å². The second-order valence-corrected chi connectivity index (χ2v) is 4.33. The van der Waals surface area contributed by atoms with Crippen molar-refractivity contribution >= 4 is 0 Å². The van der Waals surface area contributed by atoms with Crippen molar-refractivity contribution in [3.8, 4) is 0 Å². The van der Waals surface area contributed by atoms with Crippen LogP contribution in [0, 0.1) is 0 Å². The number of hydrogen-bond donors (Lipinski definition) is 1. The molecule has 1 aromatic rings. The van der Waals surface area contributed by atoms with Gasteiger partial charge in [0.05, 0.1) is 6.04 Å². The van der Waals surface area contributed by atoms with E-state index in [1.165, 1.54) is 12.8 Å². The molecule has 0 amide bonds. The van der Waals surface area contributed by atoms with Crippen molar-refractivity contribution in [2.45, 2.75) is 25.4 Å². The molecular weight excluding hydrogens is 190 g/mol. The zero-order chi connectivity index (χ0) is 10.7. The van der Waals surface area contributed by atoms with Crippen LogP contribution in [-0.2, 0) is 6.54 Å². The summed E-state index contributed by atoms with van der Waals surface area (Å²) in [7, 11) is 4.16. The van der Waals surface area contributed by atoms with Gasteiger partial charge in [-0.25, -0.2) is 0 Å². The summed E-state index contributed by atoms with van der Waals surface area (Å²) in [5.41, 5.74) is 0. The van der Waals surface area contributed by atoms with Gasteiger partial charge in [0.2, 0.25) is 0 Å². The molecule has 5 nitrogen and oxygen atoms in total. The normalized spacial score (nSPS) is 21.4. The van der Waals surface area contributed by atoms with E-state index in [1.807, 2.05) is 6.33 Å². The number of nitrogens with one attached hydrogen (secondary N) is 1. The first-order valence-corrected chi connectivity index (χ1v) is 5.53. The molecule has 0 aromatic carbocycles. The molecule has 1 aliphatic rings. The van der Waals surface area contributed by atoms with Gasteiger partial charge in [-0.2, -0.15) is 0 Å². The number of likely N-dealkylation sites (N-methyl/N-ethyl adjacent to an activating group) is 1. The van der Waals surface area contributed by atoms with E-state index in [0.717, 1.165) is 25.5 Å². The van der Waals surface area contributed by atoms with Gasteiger partial charge in [-0.05, 0) is 33.5 Å². The number of rotatable bonds is 4. The van der Waals surface area contributed by atoms with Gasteiger partial charge in [0.1, 0.15) is 12.2 Å². The van der Waals surface area contributed by atoms with Crippen molar-refractivity contribution in [2.24, 2.45) is 0 Å². The average Bonchev–Trinajstić information content (AvgIpc) is 2.85. The Labute approximate surface area is 90.5 Å². The number of hydrogen-bond acceptors (Lipinski definition) is 4. The average molecular weight is 209 g/mol. The van der Waals surface area contributed by atoms with Crippen LogP contribution < -0.4 is 5.32 Å². The number of nitrogens with zero attached hydrogens (tertiary/aromatic N) is 4. The molecule has 15 heavy (non-hydrogen) atoms. The van der Waals surface area contributed by atoms with Gasteiger partial charge in [-0.1, -0.05) is 0 Å². The van der Waals surface area contributed by atoms with Crippen molar-refractivity contribution in [2.75, 3.05) is 27.2 Å². The Morgan fingerprint density at radius 1 is 1.60 bits per heavy atom. The third-order valence-electron chi connectivity index (χ3n) is 2.81. The highest BCUT2D eigenvalue weighted by Gasteiger charge is 2.21. The summed E-state index contributed by atoms with van der Waals surface area (Å²) in [5.74, 6) is 1.09. The minimum atomic E-state index is 0.412. The molecule has 1 aromatic heterocycles. The Balaban J connectivity index is 2.01. The second-order valence-electron chi connectivity index (χ2n) is 4.33. The van der Waals surface area contributed by atoms with Gasteiger partial charge in [0, 0.05) is 13.1 Å². The summed E-state index contributed by atoms with van der Waals surface area (Å²) in [6, 6.07) is 0.412. The molecule has 0 spiro atoms. The molecule has 0 bridgehead atoms. The molecule has 1 N–H and O–H groups in total. The smallest absolute Gasteiger partial charge is 0.150 e. The molecule has 84 valence electrons. The first-order valence-electron chi connectivity index (χ1n) is 5.53. The van der Waals surface area contributed by atoms with E-state index >= 15 is 0 Å². The summed E-state index contributed by atoms with van der Waals surface area (Å²) in [4.78, 5) is 2.17. The van der Waals surface area contributed by atoms with Crippen molar-refractivity contribution in [3.05, 3.63) is 12.2 Å². The monoisotopic (exact) mass is 209 g/mol. The lowest BCUT2D eigenvalue weighted by Gasteiger charge is -2.14. The Morgan fingerprint density at radius 2 is 2.47 bits per heavy atom. The molecule has 1 fully saturated rings. The quantitative estimate of drug-likeness (QED) is 0.773. The molecule has 2 heterocycles. The minimum absolute atomic E-state index is 0.412. The van der Waals surface area contributed by atoms with Crippen LogP contribution in [0.15, 0.2) is 6.33 Å². The molecule has 1 aliphatic heterocycles. The fourth-order valence-electron chi connectivity index (χ4n) is 1.92. The van der Waals surface area contributed by atoms with Crippen LogP contribution in [0.25, 0.3) is 0 Å². The van der Waals surface area contributed by atoms with Gasteiger partial charge < -0.3 is 14.8 Å². The van der Waals surface area contributed by atoms with Crippen LogP contribution in [0.4, 0.5) is 0 Å². The van der Waals surface area contributed by atoms with Crippen LogP contribution in [0.5, 0.6) is 0 Å². The minimum Gasteiger partial charge on any atom is -0.315 e. The zero-order valence-corrected chi connectivity index (χ0v) is 9.48. The topological polar surface area (TPSA) is 46.0 Å². The molecule has 1 saturated heterocycles. The van der Waals surface area contributed by atoms with Crippen molar-refractivity contribution in [1.82, 2.24) is 25.0 Å². The second kappa shape index (κ2) is 4.72. The number of aromatic nitrogens is 3. The summed E-state index contributed by atoms with van der Waals surface area (Å²) in [6.45, 7) is 3.09. The van der Waals surface area contributed by atoms with Crippen LogP contribution in [-0.4, -0.2) is 46.8 Å². The van der Waals surface area contributed by atoms with Gasteiger partial charge in [-0.15, -0.1) is 10.2 Å². The van der Waals surface area contributed by atoms with E-state index in [4.69, 9.17) is 0 Å². The van der Waals surface area contributed by atoms with E-state index in [1.54, 1.807) is 0 Å². The zero-order valence-electron chi connectivity index (χ0n) is 9.48. The molecule has 1 atom stereocenters. The highest BCUT2D eigenvalue weighted by atomic mass is 15.3. The van der Waals surface area contributed by atoms with E-state index in [9.17, 15) is 0 Å². The molecule has 2 rings (SSSR count). The lowest BCUT2D eigenvalue weighted by Crippen LogP contribution is -2.22. The Bertz CT molecular complexity index is 301. The van der Waals surface area contributed by atoms with Gasteiger partial charge in [0.15, 0.2) is 0 Å². The standard InChI is InChI=1S/C10H19N5/c1-14(2)6-7-15-8-12-13-10(15)9-4-3-5-11-9/h8-9,11H,3-7H2,1-2H3. The summed E-state index contributed by atoms with van der Waals surface area (Å²) in [5, 5.41) is 11.7. The summed E-state index contributed by atoms with van der Waals surface area (Å²) >= 11 is 0. The van der Waals surface area contributed by atoms with Crippen LogP contribution >= 0.6 is 0 Å². The highest BCUT2D eigenvalue weighted by Crippen LogP contribution is 2.20. The van der Waals surface area contributed by atoms with E-state index in [-0.39, 0.29) is 0 Å². The maximum Gasteiger partial charge on any atom is 0.150 e. The predicted molar refractivity (Wildman–Crippen MR) is 58.6 cm³/mol. The van der Waals surface area contributed by atoms with E-state index < -0.39 is 0 Å². The Kier molecular flexibility index (Phi) is 3.33. The fraction of sp³-hybridized carbons (Fsp3) is 0.800. The maximum absolute atomic E-state index is 4.21. The Hall–Kier alpha value is -0.940. The summed E-state index contributed by atoms with van der Waals surface area (Å²) in [6.07, 6.45) is 4.25. The largest absolute Gasteiger partial charge is 0.315 e. The van der Waals surface area contributed by atoms with Crippen molar-refractivity contribution in [3.63, 3.8) is 0 Å².